The topological polar surface area (TPSA) is 59.2 Å². The summed E-state index contributed by atoms with van der Waals surface area (Å²) in [7, 11) is 0. The van der Waals surface area contributed by atoms with Gasteiger partial charge in [0.15, 0.2) is 0 Å². The molecule has 1 saturated heterocycles. The zero-order chi connectivity index (χ0) is 16.5. The first-order valence-electron chi connectivity index (χ1n) is 7.95. The molecular formula is C18H17N3O2S. The number of carbonyl (C=O) groups excluding carboxylic acids is 1. The van der Waals surface area contributed by atoms with Gasteiger partial charge < -0.3 is 9.42 Å². The van der Waals surface area contributed by atoms with Crippen LogP contribution >= 0.6 is 11.3 Å². The number of likely N-dealkylation sites (tertiary alicyclic amines) is 1. The van der Waals surface area contributed by atoms with Gasteiger partial charge in [0.25, 0.3) is 5.91 Å². The highest BCUT2D eigenvalue weighted by Crippen LogP contribution is 2.30. The van der Waals surface area contributed by atoms with Crippen molar-refractivity contribution in [3.8, 4) is 11.4 Å². The Morgan fingerprint density at radius 1 is 1.29 bits per heavy atom. The number of aromatic nitrogens is 2. The van der Waals surface area contributed by atoms with Gasteiger partial charge in [0.05, 0.1) is 10.8 Å². The minimum Gasteiger partial charge on any atom is -0.339 e. The Kier molecular flexibility index (Phi) is 3.90. The van der Waals surface area contributed by atoms with E-state index in [2.05, 4.69) is 10.1 Å². The highest BCUT2D eigenvalue weighted by atomic mass is 32.1. The summed E-state index contributed by atoms with van der Waals surface area (Å²) in [5.41, 5.74) is 1.98. The highest BCUT2D eigenvalue weighted by molar-refractivity contribution is 7.12. The number of aryl methyl sites for hydroxylation is 1. The maximum atomic E-state index is 12.6. The Balaban J connectivity index is 1.49. The Morgan fingerprint density at radius 3 is 2.88 bits per heavy atom. The van der Waals surface area contributed by atoms with Crippen LogP contribution in [0.2, 0.25) is 0 Å². The molecule has 3 heterocycles. The predicted molar refractivity (Wildman–Crippen MR) is 92.1 cm³/mol. The van der Waals surface area contributed by atoms with Gasteiger partial charge >= 0.3 is 0 Å². The van der Waals surface area contributed by atoms with Crippen molar-refractivity contribution >= 4 is 17.2 Å². The van der Waals surface area contributed by atoms with Crippen LogP contribution in [-0.4, -0.2) is 34.0 Å². The van der Waals surface area contributed by atoms with E-state index in [1.165, 1.54) is 11.3 Å². The molecule has 122 valence electrons. The van der Waals surface area contributed by atoms with E-state index in [9.17, 15) is 4.79 Å². The van der Waals surface area contributed by atoms with E-state index in [-0.39, 0.29) is 11.8 Å². The molecule has 1 aromatic carbocycles. The fourth-order valence-electron chi connectivity index (χ4n) is 2.99. The second-order valence-corrected chi connectivity index (χ2v) is 6.91. The fourth-order valence-corrected chi connectivity index (χ4v) is 3.88. The van der Waals surface area contributed by atoms with Crippen LogP contribution in [0.15, 0.2) is 46.3 Å². The van der Waals surface area contributed by atoms with Gasteiger partial charge in [0, 0.05) is 18.7 Å². The normalized spacial score (nSPS) is 17.4. The van der Waals surface area contributed by atoms with Crippen LogP contribution < -0.4 is 0 Å². The van der Waals surface area contributed by atoms with Gasteiger partial charge in [-0.1, -0.05) is 35.5 Å². The molecule has 1 fully saturated rings. The molecule has 0 radical (unpaired) electrons. The third-order valence-electron chi connectivity index (χ3n) is 4.35. The Labute approximate surface area is 143 Å². The smallest absolute Gasteiger partial charge is 0.264 e. The van der Waals surface area contributed by atoms with E-state index in [0.717, 1.165) is 29.0 Å². The SMILES string of the molecule is Cc1ccsc1C(=O)N1CC[C@@H](c2nc(-c3ccccc3)no2)C1. The van der Waals surface area contributed by atoms with Crippen LogP contribution in [0.4, 0.5) is 0 Å². The van der Waals surface area contributed by atoms with E-state index >= 15 is 0 Å². The third kappa shape index (κ3) is 2.73. The molecule has 6 heteroatoms. The van der Waals surface area contributed by atoms with Crippen molar-refractivity contribution in [2.45, 2.75) is 19.3 Å². The zero-order valence-corrected chi connectivity index (χ0v) is 14.1. The van der Waals surface area contributed by atoms with Crippen LogP contribution in [0.1, 0.15) is 33.5 Å². The zero-order valence-electron chi connectivity index (χ0n) is 13.3. The van der Waals surface area contributed by atoms with Gasteiger partial charge in [-0.05, 0) is 30.4 Å². The van der Waals surface area contributed by atoms with Crippen molar-refractivity contribution in [3.63, 3.8) is 0 Å². The monoisotopic (exact) mass is 339 g/mol. The van der Waals surface area contributed by atoms with E-state index in [1.54, 1.807) is 0 Å². The van der Waals surface area contributed by atoms with Gasteiger partial charge in [-0.15, -0.1) is 11.3 Å². The first-order valence-corrected chi connectivity index (χ1v) is 8.83. The summed E-state index contributed by atoms with van der Waals surface area (Å²) < 4.78 is 5.45. The molecule has 3 aromatic rings. The van der Waals surface area contributed by atoms with Crippen LogP contribution in [0, 0.1) is 6.92 Å². The molecule has 1 amide bonds. The van der Waals surface area contributed by atoms with Crippen LogP contribution in [-0.2, 0) is 0 Å². The van der Waals surface area contributed by atoms with Crippen LogP contribution in [0.25, 0.3) is 11.4 Å². The summed E-state index contributed by atoms with van der Waals surface area (Å²) in [5.74, 6) is 1.43. The minimum absolute atomic E-state index is 0.104. The molecule has 1 atom stereocenters. The number of amides is 1. The second kappa shape index (κ2) is 6.20. The molecule has 4 rings (SSSR count). The average Bonchev–Trinajstić information content (AvgIpc) is 3.35. The lowest BCUT2D eigenvalue weighted by molar-refractivity contribution is 0.0793. The van der Waals surface area contributed by atoms with Gasteiger partial charge in [-0.2, -0.15) is 4.98 Å². The van der Waals surface area contributed by atoms with Crippen LogP contribution in [0.3, 0.4) is 0 Å². The molecular weight excluding hydrogens is 322 g/mol. The number of benzene rings is 1. The molecule has 1 aliphatic rings. The fraction of sp³-hybridized carbons (Fsp3) is 0.278. The molecule has 0 aliphatic carbocycles. The average molecular weight is 339 g/mol. The van der Waals surface area contributed by atoms with Crippen molar-refractivity contribution in [1.82, 2.24) is 15.0 Å². The first-order chi connectivity index (χ1) is 11.7. The van der Waals surface area contributed by atoms with Gasteiger partial charge in [0.1, 0.15) is 0 Å². The van der Waals surface area contributed by atoms with Crippen molar-refractivity contribution in [1.29, 1.82) is 0 Å². The van der Waals surface area contributed by atoms with Gasteiger partial charge in [-0.3, -0.25) is 4.79 Å². The molecule has 5 nitrogen and oxygen atoms in total. The van der Waals surface area contributed by atoms with Gasteiger partial charge in [0.2, 0.25) is 11.7 Å². The standard InChI is InChI=1S/C18H17N3O2S/c1-12-8-10-24-15(12)18(22)21-9-7-14(11-21)17-19-16(20-23-17)13-5-3-2-4-6-13/h2-6,8,10,14H,7,9,11H2,1H3/t14-/m1/s1. The first kappa shape index (κ1) is 15.1. The molecule has 0 unspecified atom stereocenters. The van der Waals surface area contributed by atoms with Crippen molar-refractivity contribution in [3.05, 3.63) is 58.1 Å². The maximum absolute atomic E-state index is 12.6. The number of hydrogen-bond donors (Lipinski definition) is 0. The summed E-state index contributed by atoms with van der Waals surface area (Å²) >= 11 is 1.50. The lowest BCUT2D eigenvalue weighted by atomic mass is 10.1. The summed E-state index contributed by atoms with van der Waals surface area (Å²) in [5, 5.41) is 6.04. The number of thiophene rings is 1. The summed E-state index contributed by atoms with van der Waals surface area (Å²) in [6.07, 6.45) is 0.854. The summed E-state index contributed by atoms with van der Waals surface area (Å²) in [4.78, 5) is 19.8. The summed E-state index contributed by atoms with van der Waals surface area (Å²) in [6.45, 7) is 3.33. The van der Waals surface area contributed by atoms with Gasteiger partial charge in [-0.25, -0.2) is 0 Å². The minimum atomic E-state index is 0.104. The second-order valence-electron chi connectivity index (χ2n) is 5.99. The predicted octanol–water partition coefficient (Wildman–Crippen LogP) is 3.74. The lowest BCUT2D eigenvalue weighted by Gasteiger charge is -2.15. The molecule has 0 bridgehead atoms. The molecule has 0 spiro atoms. The number of rotatable bonds is 3. The van der Waals surface area contributed by atoms with E-state index < -0.39 is 0 Å². The van der Waals surface area contributed by atoms with Crippen LogP contribution in [0.5, 0.6) is 0 Å². The number of nitrogens with zero attached hydrogens (tertiary/aromatic N) is 3. The quantitative estimate of drug-likeness (QED) is 0.729. The Morgan fingerprint density at radius 2 is 2.12 bits per heavy atom. The molecule has 0 saturated carbocycles. The Hall–Kier alpha value is -2.47. The van der Waals surface area contributed by atoms with E-state index in [1.807, 2.05) is 53.6 Å². The lowest BCUT2D eigenvalue weighted by Crippen LogP contribution is -2.28. The maximum Gasteiger partial charge on any atom is 0.264 e. The Bertz CT molecular complexity index is 856. The molecule has 24 heavy (non-hydrogen) atoms. The molecule has 1 aliphatic heterocycles. The molecule has 2 aromatic heterocycles. The number of hydrogen-bond acceptors (Lipinski definition) is 5. The van der Waals surface area contributed by atoms with E-state index in [4.69, 9.17) is 4.52 Å². The third-order valence-corrected chi connectivity index (χ3v) is 5.36. The van der Waals surface area contributed by atoms with E-state index in [0.29, 0.717) is 18.3 Å². The molecule has 0 N–H and O–H groups in total. The summed E-state index contributed by atoms with van der Waals surface area (Å²) in [6, 6.07) is 11.7. The largest absolute Gasteiger partial charge is 0.339 e. The number of carbonyl (C=O) groups is 1. The van der Waals surface area contributed by atoms with Crippen molar-refractivity contribution in [2.75, 3.05) is 13.1 Å². The highest BCUT2D eigenvalue weighted by Gasteiger charge is 2.32. The van der Waals surface area contributed by atoms with Crippen molar-refractivity contribution < 1.29 is 9.32 Å². The van der Waals surface area contributed by atoms with Crippen molar-refractivity contribution in [2.24, 2.45) is 0 Å².